The average Bonchev–Trinajstić information content (AvgIpc) is 2.82. The molecule has 3 rings (SSSR count). The molecule has 0 radical (unpaired) electrons. The number of methoxy groups -OCH3 is 1. The minimum Gasteiger partial charge on any atom is -0.497 e. The normalized spacial score (nSPS) is 12.0. The van der Waals surface area contributed by atoms with Crippen molar-refractivity contribution in [2.24, 2.45) is 0 Å². The van der Waals surface area contributed by atoms with Gasteiger partial charge >= 0.3 is 0 Å². The van der Waals surface area contributed by atoms with Crippen molar-refractivity contribution in [2.75, 3.05) is 7.11 Å². The molecule has 1 atom stereocenters. The van der Waals surface area contributed by atoms with Crippen molar-refractivity contribution in [1.29, 1.82) is 0 Å². The van der Waals surface area contributed by atoms with Gasteiger partial charge in [-0.15, -0.1) is 0 Å². The minimum atomic E-state index is -0.661. The van der Waals surface area contributed by atoms with Gasteiger partial charge in [0.2, 0.25) is 11.8 Å². The van der Waals surface area contributed by atoms with Crippen LogP contribution >= 0.6 is 15.9 Å². The molecule has 5 nitrogen and oxygen atoms in total. The number of nitrogens with one attached hydrogen (secondary N) is 1. The van der Waals surface area contributed by atoms with Crippen LogP contribution in [-0.4, -0.2) is 35.4 Å². The van der Waals surface area contributed by atoms with Crippen LogP contribution in [0.2, 0.25) is 0 Å². The van der Waals surface area contributed by atoms with E-state index in [9.17, 15) is 9.59 Å². The molecule has 0 fully saturated rings. The summed E-state index contributed by atoms with van der Waals surface area (Å²) in [4.78, 5) is 29.0. The summed E-state index contributed by atoms with van der Waals surface area (Å²) in [5, 5.41) is 3.09. The maximum absolute atomic E-state index is 13.7. The molecule has 0 bridgehead atoms. The highest BCUT2D eigenvalue weighted by atomic mass is 79.9. The van der Waals surface area contributed by atoms with Gasteiger partial charge in [0.15, 0.2) is 0 Å². The van der Waals surface area contributed by atoms with Gasteiger partial charge in [0.05, 0.1) is 13.5 Å². The van der Waals surface area contributed by atoms with E-state index in [0.717, 1.165) is 26.9 Å². The summed E-state index contributed by atoms with van der Waals surface area (Å²) < 4.78 is 6.20. The van der Waals surface area contributed by atoms with Crippen molar-refractivity contribution in [3.05, 3.63) is 100 Å². The molecule has 1 N–H and O–H groups in total. The first-order valence-corrected chi connectivity index (χ1v) is 12.5. The fourth-order valence-electron chi connectivity index (χ4n) is 3.81. The molecule has 184 valence electrons. The molecule has 3 aromatic rings. The lowest BCUT2D eigenvalue weighted by molar-refractivity contribution is -0.141. The largest absolute Gasteiger partial charge is 0.497 e. The first-order valence-electron chi connectivity index (χ1n) is 11.7. The summed E-state index contributed by atoms with van der Waals surface area (Å²) >= 11 is 3.47. The van der Waals surface area contributed by atoms with Crippen LogP contribution in [0.5, 0.6) is 5.75 Å². The van der Waals surface area contributed by atoms with Crippen molar-refractivity contribution in [2.45, 2.75) is 51.7 Å². The Labute approximate surface area is 216 Å². The van der Waals surface area contributed by atoms with E-state index in [1.54, 1.807) is 12.0 Å². The van der Waals surface area contributed by atoms with E-state index in [0.29, 0.717) is 13.0 Å². The van der Waals surface area contributed by atoms with Crippen LogP contribution < -0.4 is 10.1 Å². The molecular formula is C29H33BrN2O3. The molecule has 0 saturated carbocycles. The van der Waals surface area contributed by atoms with E-state index in [1.807, 2.05) is 99.6 Å². The molecule has 3 aromatic carbocycles. The number of hydrogen-bond donors (Lipinski definition) is 1. The van der Waals surface area contributed by atoms with Crippen LogP contribution in [0.15, 0.2) is 83.3 Å². The van der Waals surface area contributed by atoms with Crippen LogP contribution in [0.4, 0.5) is 0 Å². The molecule has 35 heavy (non-hydrogen) atoms. The van der Waals surface area contributed by atoms with Crippen molar-refractivity contribution >= 4 is 27.7 Å². The summed E-state index contributed by atoms with van der Waals surface area (Å²) in [6, 6.07) is 24.5. The Morgan fingerprint density at radius 1 is 0.886 bits per heavy atom. The third kappa shape index (κ3) is 8.25. The quantitative estimate of drug-likeness (QED) is 0.389. The Morgan fingerprint density at radius 3 is 2.06 bits per heavy atom. The highest BCUT2D eigenvalue weighted by molar-refractivity contribution is 9.10. The summed E-state index contributed by atoms with van der Waals surface area (Å²) in [5.41, 5.74) is 2.40. The predicted octanol–water partition coefficient (Wildman–Crippen LogP) is 5.56. The van der Waals surface area contributed by atoms with Crippen molar-refractivity contribution < 1.29 is 14.3 Å². The van der Waals surface area contributed by atoms with Gasteiger partial charge in [-0.3, -0.25) is 9.59 Å². The lowest BCUT2D eigenvalue weighted by Crippen LogP contribution is -2.54. The average molecular weight is 537 g/mol. The van der Waals surface area contributed by atoms with Crippen LogP contribution in [0.25, 0.3) is 0 Å². The second-order valence-electron chi connectivity index (χ2n) is 9.62. The van der Waals surface area contributed by atoms with Crippen molar-refractivity contribution in [1.82, 2.24) is 10.2 Å². The Kier molecular flexibility index (Phi) is 9.10. The second-order valence-corrected chi connectivity index (χ2v) is 10.5. The van der Waals surface area contributed by atoms with E-state index in [-0.39, 0.29) is 18.2 Å². The Bertz CT molecular complexity index is 1110. The van der Waals surface area contributed by atoms with Gasteiger partial charge in [-0.25, -0.2) is 0 Å². The van der Waals surface area contributed by atoms with Gasteiger partial charge in [-0.2, -0.15) is 0 Å². The number of carbonyl (C=O) groups excluding carboxylic acids is 2. The third-order valence-electron chi connectivity index (χ3n) is 5.55. The monoisotopic (exact) mass is 536 g/mol. The molecule has 0 aliphatic carbocycles. The molecule has 1 unspecified atom stereocenters. The van der Waals surface area contributed by atoms with Gasteiger partial charge < -0.3 is 15.0 Å². The second kappa shape index (κ2) is 12.0. The van der Waals surface area contributed by atoms with Crippen molar-refractivity contribution in [3.8, 4) is 5.75 Å². The van der Waals surface area contributed by atoms with E-state index >= 15 is 0 Å². The van der Waals surface area contributed by atoms with Crippen LogP contribution in [0, 0.1) is 0 Å². The van der Waals surface area contributed by atoms with Gasteiger partial charge in [0.1, 0.15) is 11.8 Å². The van der Waals surface area contributed by atoms with Crippen LogP contribution in [0.3, 0.4) is 0 Å². The van der Waals surface area contributed by atoms with Crippen LogP contribution in [-0.2, 0) is 29.0 Å². The first-order chi connectivity index (χ1) is 16.6. The number of carbonyl (C=O) groups is 2. The van der Waals surface area contributed by atoms with Crippen molar-refractivity contribution in [3.63, 3.8) is 0 Å². The molecular weight excluding hydrogens is 504 g/mol. The highest BCUT2D eigenvalue weighted by Crippen LogP contribution is 2.20. The van der Waals surface area contributed by atoms with E-state index in [4.69, 9.17) is 4.74 Å². The molecule has 2 amide bonds. The summed E-state index contributed by atoms with van der Waals surface area (Å²) in [6.45, 7) is 6.17. The van der Waals surface area contributed by atoms with Gasteiger partial charge in [-0.1, -0.05) is 70.5 Å². The number of nitrogens with zero attached hydrogens (tertiary/aromatic N) is 1. The molecule has 0 aliphatic heterocycles. The fourth-order valence-corrected chi connectivity index (χ4v) is 4.08. The van der Waals surface area contributed by atoms with Gasteiger partial charge in [0, 0.05) is 23.0 Å². The summed E-state index contributed by atoms with van der Waals surface area (Å²) in [5.74, 6) is 0.462. The fraction of sp³-hybridized carbons (Fsp3) is 0.310. The maximum Gasteiger partial charge on any atom is 0.243 e. The summed E-state index contributed by atoms with van der Waals surface area (Å²) in [7, 11) is 1.61. The zero-order valence-electron chi connectivity index (χ0n) is 20.8. The van der Waals surface area contributed by atoms with E-state index in [1.165, 1.54) is 0 Å². The van der Waals surface area contributed by atoms with Crippen LogP contribution in [0.1, 0.15) is 37.5 Å². The Morgan fingerprint density at radius 2 is 1.49 bits per heavy atom. The molecule has 0 aliphatic rings. The molecule has 0 aromatic heterocycles. The van der Waals surface area contributed by atoms with E-state index in [2.05, 4.69) is 21.2 Å². The predicted molar refractivity (Wildman–Crippen MR) is 143 cm³/mol. The third-order valence-corrected chi connectivity index (χ3v) is 6.08. The maximum atomic E-state index is 13.7. The van der Waals surface area contributed by atoms with Gasteiger partial charge in [0.25, 0.3) is 0 Å². The Balaban J connectivity index is 1.96. The van der Waals surface area contributed by atoms with Gasteiger partial charge in [-0.05, 0) is 61.7 Å². The number of benzene rings is 3. The molecule has 0 saturated heterocycles. The zero-order valence-corrected chi connectivity index (χ0v) is 22.3. The number of amides is 2. The summed E-state index contributed by atoms with van der Waals surface area (Å²) in [6.07, 6.45) is 0.613. The SMILES string of the molecule is COc1ccc(CC(=O)N(Cc2ccc(Br)cc2)C(Cc2ccccc2)C(=O)NC(C)(C)C)cc1. The standard InChI is InChI=1S/C29H33BrN2O3/c1-29(2,3)31-28(34)26(18-21-8-6-5-7-9-21)32(20-23-10-14-24(30)15-11-23)27(33)19-22-12-16-25(35-4)17-13-22/h5-17,26H,18-20H2,1-4H3,(H,31,34). The Hall–Kier alpha value is -3.12. The highest BCUT2D eigenvalue weighted by Gasteiger charge is 2.32. The number of ether oxygens (including phenoxy) is 1. The minimum absolute atomic E-state index is 0.108. The number of rotatable bonds is 9. The number of hydrogen-bond acceptors (Lipinski definition) is 3. The molecule has 6 heteroatoms. The zero-order chi connectivity index (χ0) is 25.4. The molecule has 0 heterocycles. The lowest BCUT2D eigenvalue weighted by Gasteiger charge is -2.34. The van der Waals surface area contributed by atoms with E-state index < -0.39 is 11.6 Å². The topological polar surface area (TPSA) is 58.6 Å². The smallest absolute Gasteiger partial charge is 0.243 e. The lowest BCUT2D eigenvalue weighted by atomic mass is 10.00. The first kappa shape index (κ1) is 26.5. The molecule has 0 spiro atoms. The number of halogens is 1.